The molecule has 0 aromatic heterocycles. The maximum absolute atomic E-state index is 10.7. The van der Waals surface area contributed by atoms with Gasteiger partial charge in [-0.15, -0.1) is 0 Å². The fourth-order valence-electron chi connectivity index (χ4n) is 2.68. The molecule has 1 aromatic carbocycles. The van der Waals surface area contributed by atoms with Crippen LogP contribution in [0.5, 0.6) is 0 Å². The smallest absolute Gasteiger partial charge is 0.269 e. The van der Waals surface area contributed by atoms with E-state index in [1.165, 1.54) is 31.7 Å². The Morgan fingerprint density at radius 2 is 2.17 bits per heavy atom. The summed E-state index contributed by atoms with van der Waals surface area (Å²) in [5, 5.41) is 14.2. The lowest BCUT2D eigenvalue weighted by Crippen LogP contribution is -2.31. The molecule has 0 heterocycles. The second-order valence-electron chi connectivity index (χ2n) is 5.14. The molecule has 1 fully saturated rings. The Morgan fingerprint density at radius 3 is 2.83 bits per heavy atom. The van der Waals surface area contributed by atoms with E-state index in [1.54, 1.807) is 12.1 Å². The molecule has 4 nitrogen and oxygen atoms in total. The van der Waals surface area contributed by atoms with Crippen LogP contribution in [-0.2, 0) is 6.54 Å². The molecule has 1 aliphatic rings. The van der Waals surface area contributed by atoms with Gasteiger partial charge in [-0.05, 0) is 31.2 Å². The molecule has 98 valence electrons. The van der Waals surface area contributed by atoms with Crippen molar-refractivity contribution >= 4 is 5.69 Å². The minimum atomic E-state index is -0.343. The number of nitrogens with one attached hydrogen (secondary N) is 1. The van der Waals surface area contributed by atoms with Gasteiger partial charge in [-0.3, -0.25) is 10.1 Å². The second kappa shape index (κ2) is 5.96. The first-order valence-electron chi connectivity index (χ1n) is 6.63. The molecular formula is C14H20N2O2. The Kier molecular flexibility index (Phi) is 4.31. The molecule has 0 spiro atoms. The number of hydrogen-bond acceptors (Lipinski definition) is 3. The summed E-state index contributed by atoms with van der Waals surface area (Å²) in [5.74, 6) is 0.767. The monoisotopic (exact) mass is 248 g/mol. The van der Waals surface area contributed by atoms with E-state index in [1.807, 2.05) is 6.07 Å². The van der Waals surface area contributed by atoms with Crippen molar-refractivity contribution in [3.05, 3.63) is 39.9 Å². The molecule has 0 saturated heterocycles. The van der Waals surface area contributed by atoms with Gasteiger partial charge in [-0.1, -0.05) is 25.0 Å². The minimum Gasteiger partial charge on any atom is -0.310 e. The lowest BCUT2D eigenvalue weighted by molar-refractivity contribution is -0.384. The summed E-state index contributed by atoms with van der Waals surface area (Å²) in [6.07, 6.45) is 5.30. The summed E-state index contributed by atoms with van der Waals surface area (Å²) >= 11 is 0. The zero-order chi connectivity index (χ0) is 13.0. The van der Waals surface area contributed by atoms with Gasteiger partial charge in [-0.2, -0.15) is 0 Å². The highest BCUT2D eigenvalue weighted by atomic mass is 16.6. The molecule has 0 radical (unpaired) electrons. The first kappa shape index (κ1) is 13.0. The molecule has 0 aliphatic heterocycles. The summed E-state index contributed by atoms with van der Waals surface area (Å²) in [4.78, 5) is 10.3. The van der Waals surface area contributed by atoms with E-state index in [-0.39, 0.29) is 10.6 Å². The summed E-state index contributed by atoms with van der Waals surface area (Å²) in [6.45, 7) is 2.92. The van der Waals surface area contributed by atoms with Gasteiger partial charge in [0, 0.05) is 24.7 Å². The molecule has 1 aliphatic carbocycles. The van der Waals surface area contributed by atoms with E-state index in [9.17, 15) is 10.1 Å². The van der Waals surface area contributed by atoms with Crippen LogP contribution in [0.25, 0.3) is 0 Å². The van der Waals surface area contributed by atoms with E-state index in [0.29, 0.717) is 12.6 Å². The zero-order valence-electron chi connectivity index (χ0n) is 10.8. The largest absolute Gasteiger partial charge is 0.310 e. The van der Waals surface area contributed by atoms with Crippen LogP contribution in [0.4, 0.5) is 5.69 Å². The fraction of sp³-hybridized carbons (Fsp3) is 0.571. The van der Waals surface area contributed by atoms with Gasteiger partial charge in [0.1, 0.15) is 0 Å². The van der Waals surface area contributed by atoms with Gasteiger partial charge in [0.25, 0.3) is 5.69 Å². The van der Waals surface area contributed by atoms with Crippen molar-refractivity contribution in [1.29, 1.82) is 0 Å². The van der Waals surface area contributed by atoms with Crippen molar-refractivity contribution in [1.82, 2.24) is 5.32 Å². The van der Waals surface area contributed by atoms with Gasteiger partial charge in [0.2, 0.25) is 0 Å². The van der Waals surface area contributed by atoms with Crippen LogP contribution >= 0.6 is 0 Å². The average Bonchev–Trinajstić information content (AvgIpc) is 2.90. The van der Waals surface area contributed by atoms with Crippen LogP contribution < -0.4 is 5.32 Å². The molecule has 0 amide bonds. The van der Waals surface area contributed by atoms with Crippen LogP contribution in [0, 0.1) is 16.0 Å². The third kappa shape index (κ3) is 3.29. The Labute approximate surface area is 108 Å². The minimum absolute atomic E-state index is 0.169. The van der Waals surface area contributed by atoms with E-state index in [4.69, 9.17) is 0 Å². The lowest BCUT2D eigenvalue weighted by atomic mass is 9.99. The van der Waals surface area contributed by atoms with Gasteiger partial charge in [0.05, 0.1) is 4.92 Å². The second-order valence-corrected chi connectivity index (χ2v) is 5.14. The number of nitro groups is 1. The Morgan fingerprint density at radius 1 is 1.44 bits per heavy atom. The summed E-state index contributed by atoms with van der Waals surface area (Å²) in [7, 11) is 0. The molecule has 1 aromatic rings. The third-order valence-corrected chi connectivity index (χ3v) is 3.86. The number of hydrogen-bond donors (Lipinski definition) is 1. The van der Waals surface area contributed by atoms with E-state index in [0.717, 1.165) is 11.5 Å². The molecule has 1 N–H and O–H groups in total. The normalized spacial score (nSPS) is 17.8. The summed E-state index contributed by atoms with van der Waals surface area (Å²) in [6, 6.07) is 7.35. The topological polar surface area (TPSA) is 55.2 Å². The zero-order valence-corrected chi connectivity index (χ0v) is 10.8. The standard InChI is InChI=1S/C14H20N2O2/c1-11(13-6-2-3-7-13)15-10-12-5-4-8-14(9-12)16(17)18/h4-5,8-9,11,13,15H,2-3,6-7,10H2,1H3. The first-order chi connectivity index (χ1) is 8.66. The van der Waals surface area contributed by atoms with Gasteiger partial charge in [0.15, 0.2) is 0 Å². The number of nitrogens with zero attached hydrogens (tertiary/aromatic N) is 1. The van der Waals surface area contributed by atoms with Crippen molar-refractivity contribution in [2.24, 2.45) is 5.92 Å². The quantitative estimate of drug-likeness (QED) is 0.642. The van der Waals surface area contributed by atoms with Crippen molar-refractivity contribution in [3.8, 4) is 0 Å². The number of nitro benzene ring substituents is 1. The highest BCUT2D eigenvalue weighted by Gasteiger charge is 2.20. The van der Waals surface area contributed by atoms with Crippen molar-refractivity contribution in [2.75, 3.05) is 0 Å². The first-order valence-corrected chi connectivity index (χ1v) is 6.63. The maximum atomic E-state index is 10.7. The highest BCUT2D eigenvalue weighted by molar-refractivity contribution is 5.34. The molecule has 4 heteroatoms. The highest BCUT2D eigenvalue weighted by Crippen LogP contribution is 2.27. The van der Waals surface area contributed by atoms with E-state index >= 15 is 0 Å². The third-order valence-electron chi connectivity index (χ3n) is 3.86. The van der Waals surface area contributed by atoms with Crippen LogP contribution in [0.2, 0.25) is 0 Å². The Balaban J connectivity index is 1.89. The average molecular weight is 248 g/mol. The summed E-state index contributed by atoms with van der Waals surface area (Å²) < 4.78 is 0. The molecule has 1 saturated carbocycles. The van der Waals surface area contributed by atoms with Crippen molar-refractivity contribution < 1.29 is 4.92 Å². The molecule has 0 bridgehead atoms. The molecule has 1 atom stereocenters. The van der Waals surface area contributed by atoms with Crippen LogP contribution in [0.3, 0.4) is 0 Å². The molecular weight excluding hydrogens is 228 g/mol. The van der Waals surface area contributed by atoms with Crippen LogP contribution in [0.15, 0.2) is 24.3 Å². The van der Waals surface area contributed by atoms with Crippen LogP contribution in [0.1, 0.15) is 38.2 Å². The van der Waals surface area contributed by atoms with Gasteiger partial charge >= 0.3 is 0 Å². The Hall–Kier alpha value is -1.42. The summed E-state index contributed by atoms with van der Waals surface area (Å²) in [5.41, 5.74) is 1.15. The lowest BCUT2D eigenvalue weighted by Gasteiger charge is -2.20. The molecule has 18 heavy (non-hydrogen) atoms. The molecule has 2 rings (SSSR count). The Bertz CT molecular complexity index is 414. The SMILES string of the molecule is CC(NCc1cccc([N+](=O)[O-])c1)C1CCCC1. The molecule has 1 unspecified atom stereocenters. The van der Waals surface area contributed by atoms with Gasteiger partial charge < -0.3 is 5.32 Å². The number of benzene rings is 1. The van der Waals surface area contributed by atoms with Gasteiger partial charge in [-0.25, -0.2) is 0 Å². The number of rotatable bonds is 5. The predicted octanol–water partition coefficient (Wildman–Crippen LogP) is 3.26. The van der Waals surface area contributed by atoms with Crippen molar-refractivity contribution in [3.63, 3.8) is 0 Å². The van der Waals surface area contributed by atoms with E-state index < -0.39 is 0 Å². The predicted molar refractivity (Wildman–Crippen MR) is 71.4 cm³/mol. The van der Waals surface area contributed by atoms with E-state index in [2.05, 4.69) is 12.2 Å². The maximum Gasteiger partial charge on any atom is 0.269 e. The fourth-order valence-corrected chi connectivity index (χ4v) is 2.68. The number of non-ortho nitro benzene ring substituents is 1. The van der Waals surface area contributed by atoms with Crippen molar-refractivity contribution in [2.45, 2.75) is 45.2 Å². The van der Waals surface area contributed by atoms with Crippen LogP contribution in [-0.4, -0.2) is 11.0 Å².